The van der Waals surface area contributed by atoms with Crippen LogP contribution in [0.3, 0.4) is 0 Å². The summed E-state index contributed by atoms with van der Waals surface area (Å²) in [5, 5.41) is 23.4. The summed E-state index contributed by atoms with van der Waals surface area (Å²) in [5.41, 5.74) is -0.965. The molecular formula is C23H27ClFN3O4. The van der Waals surface area contributed by atoms with Gasteiger partial charge in [-0.05, 0) is 69.6 Å². The number of carboxylic acid groups (broad SMARTS) is 1. The van der Waals surface area contributed by atoms with Crippen LogP contribution in [0.2, 0.25) is 5.02 Å². The summed E-state index contributed by atoms with van der Waals surface area (Å²) in [6.45, 7) is 3.16. The van der Waals surface area contributed by atoms with E-state index >= 15 is 0 Å². The average molecular weight is 464 g/mol. The number of rotatable bonds is 5. The van der Waals surface area contributed by atoms with E-state index in [2.05, 4.69) is 10.3 Å². The Bertz CT molecular complexity index is 1070. The zero-order valence-corrected chi connectivity index (χ0v) is 19.0. The van der Waals surface area contributed by atoms with Crippen molar-refractivity contribution in [1.29, 1.82) is 0 Å². The summed E-state index contributed by atoms with van der Waals surface area (Å²) in [6.07, 6.45) is 3.93. The minimum Gasteiger partial charge on any atom is -0.481 e. The summed E-state index contributed by atoms with van der Waals surface area (Å²) in [7, 11) is 1.74. The van der Waals surface area contributed by atoms with Crippen molar-refractivity contribution in [1.82, 2.24) is 9.55 Å². The van der Waals surface area contributed by atoms with E-state index in [4.69, 9.17) is 11.6 Å². The summed E-state index contributed by atoms with van der Waals surface area (Å²) in [5.74, 6) is -1.52. The molecule has 1 aromatic heterocycles. The second-order valence-electron chi connectivity index (χ2n) is 9.73. The van der Waals surface area contributed by atoms with Gasteiger partial charge in [0.2, 0.25) is 0 Å². The molecule has 172 valence electrons. The topological polar surface area (TPSA) is 104 Å². The molecule has 2 fully saturated rings. The maximum Gasteiger partial charge on any atom is 0.312 e. The molecule has 2 unspecified atom stereocenters. The second kappa shape index (κ2) is 7.85. The third-order valence-electron chi connectivity index (χ3n) is 7.48. The largest absolute Gasteiger partial charge is 0.481 e. The molecule has 0 radical (unpaired) electrons. The number of aliphatic hydroxyl groups is 1. The number of fused-ring (bicyclic) bond motifs is 1. The van der Waals surface area contributed by atoms with Gasteiger partial charge in [0.1, 0.15) is 11.5 Å². The number of hydrogen-bond acceptors (Lipinski definition) is 4. The number of halogens is 2. The molecule has 4 rings (SSSR count). The van der Waals surface area contributed by atoms with Crippen LogP contribution in [0.1, 0.15) is 61.6 Å². The molecule has 2 aliphatic rings. The lowest BCUT2D eigenvalue weighted by Gasteiger charge is -2.37. The number of nitrogens with one attached hydrogen (secondary N) is 1. The van der Waals surface area contributed by atoms with Gasteiger partial charge in [-0.1, -0.05) is 11.6 Å². The van der Waals surface area contributed by atoms with Gasteiger partial charge in [0, 0.05) is 18.7 Å². The van der Waals surface area contributed by atoms with Crippen molar-refractivity contribution in [3.63, 3.8) is 0 Å². The Kier molecular flexibility index (Phi) is 5.57. The number of nitrogens with zero attached hydrogens (tertiary/aromatic N) is 2. The molecule has 0 aliphatic heterocycles. The van der Waals surface area contributed by atoms with Gasteiger partial charge in [-0.25, -0.2) is 9.37 Å². The third-order valence-corrected chi connectivity index (χ3v) is 7.77. The fourth-order valence-electron chi connectivity index (χ4n) is 5.38. The Labute approximate surface area is 190 Å². The number of carboxylic acids is 1. The van der Waals surface area contributed by atoms with Crippen molar-refractivity contribution in [2.45, 2.75) is 51.0 Å². The predicted molar refractivity (Wildman–Crippen MR) is 117 cm³/mol. The number of benzene rings is 1. The van der Waals surface area contributed by atoms with E-state index < -0.39 is 22.8 Å². The molecule has 2 atom stereocenters. The number of hydrogen-bond donors (Lipinski definition) is 3. The molecular weight excluding hydrogens is 437 g/mol. The molecule has 9 heteroatoms. The van der Waals surface area contributed by atoms with E-state index in [1.54, 1.807) is 31.8 Å². The van der Waals surface area contributed by atoms with Crippen LogP contribution in [0.15, 0.2) is 24.5 Å². The highest BCUT2D eigenvalue weighted by Gasteiger charge is 2.58. The molecule has 0 bridgehead atoms. The van der Waals surface area contributed by atoms with Crippen LogP contribution in [-0.2, 0) is 11.8 Å². The summed E-state index contributed by atoms with van der Waals surface area (Å²) < 4.78 is 15.1. The van der Waals surface area contributed by atoms with Crippen molar-refractivity contribution < 1.29 is 24.2 Å². The van der Waals surface area contributed by atoms with Crippen LogP contribution < -0.4 is 5.32 Å². The van der Waals surface area contributed by atoms with Crippen molar-refractivity contribution in [3.8, 4) is 0 Å². The third kappa shape index (κ3) is 3.69. The molecule has 32 heavy (non-hydrogen) atoms. The number of aromatic nitrogens is 2. The van der Waals surface area contributed by atoms with Gasteiger partial charge in [-0.2, -0.15) is 0 Å². The minimum atomic E-state index is -1.24. The van der Waals surface area contributed by atoms with Crippen LogP contribution in [0.5, 0.6) is 0 Å². The predicted octanol–water partition coefficient (Wildman–Crippen LogP) is 4.21. The molecule has 1 heterocycles. The van der Waals surface area contributed by atoms with E-state index in [0.29, 0.717) is 29.9 Å². The van der Waals surface area contributed by atoms with Gasteiger partial charge in [0.15, 0.2) is 0 Å². The molecule has 2 aliphatic carbocycles. The van der Waals surface area contributed by atoms with E-state index in [-0.39, 0.29) is 28.7 Å². The smallest absolute Gasteiger partial charge is 0.312 e. The zero-order valence-electron chi connectivity index (χ0n) is 18.2. The van der Waals surface area contributed by atoms with Crippen molar-refractivity contribution in [2.75, 3.05) is 5.32 Å². The quantitative estimate of drug-likeness (QED) is 0.616. The molecule has 0 saturated heterocycles. The summed E-state index contributed by atoms with van der Waals surface area (Å²) in [6, 6.07) is 4.00. The maximum absolute atomic E-state index is 13.4. The van der Waals surface area contributed by atoms with Gasteiger partial charge in [-0.15, -0.1) is 0 Å². The van der Waals surface area contributed by atoms with Crippen LogP contribution in [-0.4, -0.2) is 37.2 Å². The molecule has 7 nitrogen and oxygen atoms in total. The lowest BCUT2D eigenvalue weighted by atomic mass is 9.72. The highest BCUT2D eigenvalue weighted by molar-refractivity contribution is 6.31. The van der Waals surface area contributed by atoms with Gasteiger partial charge in [0.25, 0.3) is 5.91 Å². The number of amides is 1. The standard InChI is InChI=1S/C23H27ClFN3O4/c1-22(2,21(30)31)23(32)9-13-6-12(7-14(13)10-23)18-19(28(3)11-26-18)20(29)27-15-4-5-17(25)16(24)8-15/h4-5,8,11-14,32H,6-7,9-10H2,1-3H3,(H,27,29)(H,30,31). The molecule has 2 aromatic rings. The number of anilines is 1. The minimum absolute atomic E-state index is 0.0428. The van der Waals surface area contributed by atoms with E-state index in [9.17, 15) is 24.2 Å². The first-order chi connectivity index (χ1) is 14.9. The van der Waals surface area contributed by atoms with Crippen LogP contribution >= 0.6 is 11.6 Å². The summed E-state index contributed by atoms with van der Waals surface area (Å²) in [4.78, 5) is 29.2. The lowest BCUT2D eigenvalue weighted by Crippen LogP contribution is -2.48. The van der Waals surface area contributed by atoms with Gasteiger partial charge in [0.05, 0.1) is 28.1 Å². The highest BCUT2D eigenvalue weighted by Crippen LogP contribution is 2.58. The average Bonchev–Trinajstić information content (AvgIpc) is 3.35. The Morgan fingerprint density at radius 1 is 1.28 bits per heavy atom. The fourth-order valence-corrected chi connectivity index (χ4v) is 5.56. The van der Waals surface area contributed by atoms with Crippen molar-refractivity contribution in [2.24, 2.45) is 24.3 Å². The summed E-state index contributed by atoms with van der Waals surface area (Å²) >= 11 is 5.82. The normalized spacial score (nSPS) is 27.4. The molecule has 2 saturated carbocycles. The van der Waals surface area contributed by atoms with Crippen molar-refractivity contribution in [3.05, 3.63) is 46.8 Å². The SMILES string of the molecule is Cn1cnc(C2CC3CC(O)(C(C)(C)C(=O)O)CC3C2)c1C(=O)Nc1ccc(F)c(Cl)c1. The Morgan fingerprint density at radius 3 is 2.47 bits per heavy atom. The van der Waals surface area contributed by atoms with E-state index in [1.165, 1.54) is 18.2 Å². The van der Waals surface area contributed by atoms with Crippen LogP contribution in [0.25, 0.3) is 0 Å². The monoisotopic (exact) mass is 463 g/mol. The molecule has 0 spiro atoms. The number of aliphatic carboxylic acids is 1. The maximum atomic E-state index is 13.4. The van der Waals surface area contributed by atoms with E-state index in [0.717, 1.165) is 12.8 Å². The fraction of sp³-hybridized carbons (Fsp3) is 0.522. The molecule has 1 aromatic carbocycles. The van der Waals surface area contributed by atoms with Gasteiger partial charge in [-0.3, -0.25) is 9.59 Å². The lowest BCUT2D eigenvalue weighted by molar-refractivity contribution is -0.164. The first kappa shape index (κ1) is 22.7. The molecule has 3 N–H and O–H groups in total. The molecule has 1 amide bonds. The zero-order chi connectivity index (χ0) is 23.4. The number of carbonyl (C=O) groups is 2. The Hall–Kier alpha value is -2.45. The van der Waals surface area contributed by atoms with E-state index in [1.807, 2.05) is 0 Å². The highest BCUT2D eigenvalue weighted by atomic mass is 35.5. The number of aryl methyl sites for hydroxylation is 1. The first-order valence-corrected chi connectivity index (χ1v) is 11.0. The van der Waals surface area contributed by atoms with Crippen LogP contribution in [0, 0.1) is 23.1 Å². The number of carbonyl (C=O) groups excluding carboxylic acids is 1. The van der Waals surface area contributed by atoms with Gasteiger partial charge >= 0.3 is 5.97 Å². The van der Waals surface area contributed by atoms with Crippen molar-refractivity contribution >= 4 is 29.2 Å². The van der Waals surface area contributed by atoms with Gasteiger partial charge < -0.3 is 20.1 Å². The second-order valence-corrected chi connectivity index (χ2v) is 10.1. The Balaban J connectivity index is 1.51. The van der Waals surface area contributed by atoms with Crippen LogP contribution in [0.4, 0.5) is 10.1 Å². The number of imidazole rings is 1. The first-order valence-electron chi connectivity index (χ1n) is 10.7. The Morgan fingerprint density at radius 2 is 1.91 bits per heavy atom.